The minimum atomic E-state index is 0.626. The highest BCUT2D eigenvalue weighted by Crippen LogP contribution is 2.23. The molecule has 0 aliphatic carbocycles. The number of ether oxygens (including phenoxy) is 1. The van der Waals surface area contributed by atoms with Crippen molar-refractivity contribution in [2.45, 2.75) is 6.92 Å². The number of benzene rings is 1. The summed E-state index contributed by atoms with van der Waals surface area (Å²) in [5.41, 5.74) is 3.11. The minimum absolute atomic E-state index is 0.626. The van der Waals surface area contributed by atoms with Gasteiger partial charge in [0.15, 0.2) is 17.8 Å². The van der Waals surface area contributed by atoms with Crippen LogP contribution in [0.2, 0.25) is 0 Å². The molecule has 0 saturated heterocycles. The Hall–Kier alpha value is -2.69. The van der Waals surface area contributed by atoms with Crippen molar-refractivity contribution >= 4 is 11.9 Å². The van der Waals surface area contributed by atoms with Crippen LogP contribution in [0.3, 0.4) is 0 Å². The van der Waals surface area contributed by atoms with Crippen molar-refractivity contribution in [3.8, 4) is 17.1 Å². The molecular formula is C15H13N3O2. The van der Waals surface area contributed by atoms with Crippen LogP contribution in [0.4, 0.5) is 0 Å². The van der Waals surface area contributed by atoms with Crippen molar-refractivity contribution < 1.29 is 9.53 Å². The third kappa shape index (κ3) is 1.93. The second-order valence-electron chi connectivity index (χ2n) is 4.51. The molecule has 0 N–H and O–H groups in total. The number of fused-ring (bicyclic) bond motifs is 1. The molecule has 5 nitrogen and oxygen atoms in total. The first-order valence-electron chi connectivity index (χ1n) is 6.18. The summed E-state index contributed by atoms with van der Waals surface area (Å²) in [5.74, 6) is 1.43. The smallest absolute Gasteiger partial charge is 0.168 e. The zero-order valence-corrected chi connectivity index (χ0v) is 11.2. The molecule has 3 rings (SSSR count). The molecule has 2 aromatic heterocycles. The maximum Gasteiger partial charge on any atom is 0.168 e. The van der Waals surface area contributed by atoms with Crippen molar-refractivity contribution in [2.75, 3.05) is 7.11 Å². The molecule has 0 atom stereocenters. The van der Waals surface area contributed by atoms with Crippen molar-refractivity contribution in [1.29, 1.82) is 0 Å². The molecule has 0 aliphatic heterocycles. The fourth-order valence-corrected chi connectivity index (χ4v) is 2.13. The maximum atomic E-state index is 11.1. The largest absolute Gasteiger partial charge is 0.497 e. The fraction of sp³-hybridized carbons (Fsp3) is 0.133. The van der Waals surface area contributed by atoms with Gasteiger partial charge in [0, 0.05) is 17.3 Å². The summed E-state index contributed by atoms with van der Waals surface area (Å²) in [6.45, 7) is 1.88. The zero-order chi connectivity index (χ0) is 14.1. The van der Waals surface area contributed by atoms with Crippen LogP contribution in [0.5, 0.6) is 5.75 Å². The Bertz CT molecular complexity index is 793. The predicted molar refractivity (Wildman–Crippen MR) is 75.1 cm³/mol. The third-order valence-corrected chi connectivity index (χ3v) is 3.25. The van der Waals surface area contributed by atoms with E-state index >= 15 is 0 Å². The third-order valence-electron chi connectivity index (χ3n) is 3.25. The second kappa shape index (κ2) is 4.77. The summed E-state index contributed by atoms with van der Waals surface area (Å²) in [4.78, 5) is 11.1. The van der Waals surface area contributed by atoms with Gasteiger partial charge >= 0.3 is 0 Å². The van der Waals surface area contributed by atoms with Gasteiger partial charge in [-0.2, -0.15) is 0 Å². The van der Waals surface area contributed by atoms with Gasteiger partial charge < -0.3 is 4.74 Å². The standard InChI is InChI=1S/C15H13N3O2/c1-10-6-14-16-17-15(18(14)8-12(10)9-19)11-4-3-5-13(7-11)20-2/h3-9H,1-2H3. The van der Waals surface area contributed by atoms with Crippen LogP contribution in [0.15, 0.2) is 36.5 Å². The summed E-state index contributed by atoms with van der Waals surface area (Å²) in [6.07, 6.45) is 2.59. The monoisotopic (exact) mass is 267 g/mol. The lowest BCUT2D eigenvalue weighted by Crippen LogP contribution is -1.95. The lowest BCUT2D eigenvalue weighted by molar-refractivity contribution is 0.112. The number of pyridine rings is 1. The van der Waals surface area contributed by atoms with Crippen LogP contribution in [0, 0.1) is 6.92 Å². The molecule has 2 heterocycles. The number of methoxy groups -OCH3 is 1. The number of aldehydes is 1. The Labute approximate surface area is 115 Å². The summed E-state index contributed by atoms with van der Waals surface area (Å²) < 4.78 is 7.03. The topological polar surface area (TPSA) is 56.5 Å². The lowest BCUT2D eigenvalue weighted by Gasteiger charge is -2.05. The Morgan fingerprint density at radius 1 is 1.25 bits per heavy atom. The Balaban J connectivity index is 2.23. The number of aryl methyl sites for hydroxylation is 1. The lowest BCUT2D eigenvalue weighted by atomic mass is 10.1. The number of carbonyl (C=O) groups is 1. The van der Waals surface area contributed by atoms with E-state index in [0.717, 1.165) is 23.2 Å². The van der Waals surface area contributed by atoms with Gasteiger partial charge in [0.2, 0.25) is 0 Å². The quantitative estimate of drug-likeness (QED) is 0.684. The van der Waals surface area contributed by atoms with E-state index in [1.54, 1.807) is 13.3 Å². The number of carbonyl (C=O) groups excluding carboxylic acids is 1. The van der Waals surface area contributed by atoms with Crippen LogP contribution < -0.4 is 4.74 Å². The number of aromatic nitrogens is 3. The van der Waals surface area contributed by atoms with Gasteiger partial charge in [-0.3, -0.25) is 9.20 Å². The first-order valence-corrected chi connectivity index (χ1v) is 6.18. The van der Waals surface area contributed by atoms with E-state index in [4.69, 9.17) is 4.74 Å². The van der Waals surface area contributed by atoms with Crippen molar-refractivity contribution in [2.24, 2.45) is 0 Å². The molecule has 0 bridgehead atoms. The van der Waals surface area contributed by atoms with Crippen molar-refractivity contribution in [3.05, 3.63) is 47.7 Å². The molecule has 0 fully saturated rings. The first-order chi connectivity index (χ1) is 9.72. The molecule has 1 aromatic carbocycles. The van der Waals surface area contributed by atoms with Crippen molar-refractivity contribution in [1.82, 2.24) is 14.6 Å². The number of hydrogen-bond acceptors (Lipinski definition) is 4. The van der Waals surface area contributed by atoms with Crippen LogP contribution in [0.25, 0.3) is 17.0 Å². The normalized spacial score (nSPS) is 10.7. The van der Waals surface area contributed by atoms with Gasteiger partial charge in [0.1, 0.15) is 5.75 Å². The summed E-state index contributed by atoms with van der Waals surface area (Å²) in [5, 5.41) is 8.34. The minimum Gasteiger partial charge on any atom is -0.497 e. The molecule has 0 amide bonds. The van der Waals surface area contributed by atoms with Gasteiger partial charge in [0.25, 0.3) is 0 Å². The SMILES string of the molecule is COc1cccc(-c2nnc3cc(C)c(C=O)cn23)c1. The first kappa shape index (κ1) is 12.3. The molecule has 0 aliphatic rings. The zero-order valence-electron chi connectivity index (χ0n) is 11.2. The van der Waals surface area contributed by atoms with Crippen LogP contribution in [-0.4, -0.2) is 28.0 Å². The average molecular weight is 267 g/mol. The van der Waals surface area contributed by atoms with E-state index in [2.05, 4.69) is 10.2 Å². The van der Waals surface area contributed by atoms with E-state index in [1.165, 1.54) is 0 Å². The molecule has 3 aromatic rings. The molecule has 0 radical (unpaired) electrons. The number of hydrogen-bond donors (Lipinski definition) is 0. The van der Waals surface area contributed by atoms with E-state index in [9.17, 15) is 4.79 Å². The molecule has 0 spiro atoms. The van der Waals surface area contributed by atoms with Crippen LogP contribution in [0.1, 0.15) is 15.9 Å². The highest BCUT2D eigenvalue weighted by molar-refractivity contribution is 5.78. The molecule has 100 valence electrons. The summed E-state index contributed by atoms with van der Waals surface area (Å²) in [6, 6.07) is 9.43. The predicted octanol–water partition coefficient (Wildman–Crippen LogP) is 2.53. The molecule has 20 heavy (non-hydrogen) atoms. The van der Waals surface area contributed by atoms with Gasteiger partial charge in [-0.25, -0.2) is 0 Å². The van der Waals surface area contributed by atoms with Crippen LogP contribution in [-0.2, 0) is 0 Å². The maximum absolute atomic E-state index is 11.1. The number of rotatable bonds is 3. The summed E-state index contributed by atoms with van der Waals surface area (Å²) in [7, 11) is 1.62. The fourth-order valence-electron chi connectivity index (χ4n) is 2.13. The highest BCUT2D eigenvalue weighted by atomic mass is 16.5. The van der Waals surface area contributed by atoms with Gasteiger partial charge in [-0.1, -0.05) is 12.1 Å². The van der Waals surface area contributed by atoms with Crippen LogP contribution >= 0.6 is 0 Å². The average Bonchev–Trinajstić information content (AvgIpc) is 2.89. The highest BCUT2D eigenvalue weighted by Gasteiger charge is 2.10. The molecule has 5 heteroatoms. The van der Waals surface area contributed by atoms with Gasteiger partial charge in [-0.15, -0.1) is 10.2 Å². The Morgan fingerprint density at radius 2 is 2.10 bits per heavy atom. The van der Waals surface area contributed by atoms with E-state index in [-0.39, 0.29) is 0 Å². The molecule has 0 unspecified atom stereocenters. The molecular weight excluding hydrogens is 254 g/mol. The second-order valence-corrected chi connectivity index (χ2v) is 4.51. The number of nitrogens with zero attached hydrogens (tertiary/aromatic N) is 3. The van der Waals surface area contributed by atoms with E-state index in [1.807, 2.05) is 41.7 Å². The van der Waals surface area contributed by atoms with E-state index in [0.29, 0.717) is 17.0 Å². The van der Waals surface area contributed by atoms with Gasteiger partial charge in [0.05, 0.1) is 7.11 Å². The van der Waals surface area contributed by atoms with E-state index < -0.39 is 0 Å². The Morgan fingerprint density at radius 3 is 2.85 bits per heavy atom. The Kier molecular flexibility index (Phi) is 2.95. The summed E-state index contributed by atoms with van der Waals surface area (Å²) >= 11 is 0. The van der Waals surface area contributed by atoms with Gasteiger partial charge in [-0.05, 0) is 30.7 Å². The van der Waals surface area contributed by atoms with Crippen molar-refractivity contribution in [3.63, 3.8) is 0 Å². The molecule has 0 saturated carbocycles.